The van der Waals surface area contributed by atoms with Crippen LogP contribution in [0.3, 0.4) is 0 Å². The number of hydrogen-bond acceptors (Lipinski definition) is 15. The summed E-state index contributed by atoms with van der Waals surface area (Å²) in [6.45, 7) is 1.82. The molecular formula is C94H120F6N12O13. The predicted octanol–water partition coefficient (Wildman–Crippen LogP) is 10.1. The number of halogens is 6. The van der Waals surface area contributed by atoms with Crippen molar-refractivity contribution in [2.24, 2.45) is 0 Å². The fourth-order valence-electron chi connectivity index (χ4n) is 18.5. The highest BCUT2D eigenvalue weighted by Crippen LogP contribution is 2.40. The largest absolute Gasteiger partial charge is 0.494 e. The second kappa shape index (κ2) is 44.2. The van der Waals surface area contributed by atoms with E-state index in [1.54, 1.807) is 30.3 Å². The Labute approximate surface area is 726 Å². The lowest BCUT2D eigenvalue weighted by Crippen LogP contribution is -2.58. The van der Waals surface area contributed by atoms with E-state index in [2.05, 4.69) is 47.9 Å². The van der Waals surface area contributed by atoms with Crippen molar-refractivity contribution in [3.05, 3.63) is 160 Å². The van der Waals surface area contributed by atoms with Crippen LogP contribution in [0.15, 0.2) is 109 Å². The number of nitrogens with one attached hydrogen (secondary N) is 9. The molecule has 8 aliphatic rings. The minimum atomic E-state index is -2.82. The molecule has 2 saturated carbocycles. The lowest BCUT2D eigenvalue weighted by Gasteiger charge is -2.33. The molecule has 0 aromatic heterocycles. The molecule has 0 spiro atoms. The average Bonchev–Trinajstić information content (AvgIpc) is 1.60. The molecule has 0 radical (unpaired) electrons. The fourth-order valence-corrected chi connectivity index (χ4v) is 18.5. The van der Waals surface area contributed by atoms with Gasteiger partial charge in [-0.2, -0.15) is 0 Å². The van der Waals surface area contributed by atoms with Crippen LogP contribution in [0.4, 0.5) is 26.3 Å². The molecule has 11 atom stereocenters. The van der Waals surface area contributed by atoms with Gasteiger partial charge in [0.05, 0.1) is 19.8 Å². The van der Waals surface area contributed by atoms with E-state index in [1.165, 1.54) is 23.1 Å². The van der Waals surface area contributed by atoms with Crippen LogP contribution in [0.25, 0.3) is 0 Å². The SMILES string of the molecule is O=C1CCc2cc(cc(C3CCC(NC(=O)[C@@H]4CCCCOc5cccc(c5)C[C@H](N5CCCC5=O)C(=O)N[C@@H](CCN5CCC(F)(F)CC5)C(=O)N4)C3)c2)OCCCC[C@@H](C(=O)NC2CCC(c3cc4cc(c3)OCCCC[C@H](C(=O)NCc3ccccc3F)NC(=O)[C@H](CCc3ccc(F)cc3)NC(=O)CC4)C2)NC(=O)[C@H](CCN2CCC(F)(F)CC2)N1. The first-order valence-corrected chi connectivity index (χ1v) is 45.2. The van der Waals surface area contributed by atoms with E-state index < -0.39 is 119 Å². The van der Waals surface area contributed by atoms with Crippen molar-refractivity contribution in [2.45, 2.75) is 277 Å². The van der Waals surface area contributed by atoms with Gasteiger partial charge in [-0.3, -0.25) is 47.9 Å². The molecule has 3 saturated heterocycles. The van der Waals surface area contributed by atoms with Crippen molar-refractivity contribution in [1.29, 1.82) is 0 Å². The lowest BCUT2D eigenvalue weighted by atomic mass is 9.94. The van der Waals surface area contributed by atoms with E-state index in [9.17, 15) is 74.3 Å². The second-order valence-corrected chi connectivity index (χ2v) is 35.3. The third kappa shape index (κ3) is 27.6. The van der Waals surface area contributed by atoms with Crippen LogP contribution >= 0.6 is 0 Å². The molecule has 2 aliphatic carbocycles. The van der Waals surface area contributed by atoms with E-state index >= 15 is 0 Å². The summed E-state index contributed by atoms with van der Waals surface area (Å²) in [5, 5.41) is 26.9. The van der Waals surface area contributed by atoms with Crippen molar-refractivity contribution in [1.82, 2.24) is 62.6 Å². The van der Waals surface area contributed by atoms with E-state index in [4.69, 9.17) is 14.2 Å². The van der Waals surface area contributed by atoms with Crippen molar-refractivity contribution < 1.29 is 88.5 Å². The number of amides is 10. The first kappa shape index (κ1) is 92.4. The molecule has 25 nitrogen and oxygen atoms in total. The Morgan fingerprint density at radius 2 is 0.920 bits per heavy atom. The summed E-state index contributed by atoms with van der Waals surface area (Å²) in [4.78, 5) is 149. The molecule has 6 bridgehead atoms. The number of rotatable bonds is 19. The molecule has 5 aromatic rings. The number of carbonyl (C=O) groups is 10. The summed E-state index contributed by atoms with van der Waals surface area (Å²) >= 11 is 0. The Balaban J connectivity index is 0.663. The van der Waals surface area contributed by atoms with Gasteiger partial charge in [-0.1, -0.05) is 54.6 Å². The molecule has 9 N–H and O–H groups in total. The molecule has 10 amide bonds. The van der Waals surface area contributed by atoms with Crippen molar-refractivity contribution >= 4 is 59.1 Å². The number of nitrogens with zero attached hydrogens (tertiary/aromatic N) is 3. The first-order chi connectivity index (χ1) is 60.2. The maximum absolute atomic E-state index is 14.9. The minimum absolute atomic E-state index is 0.0241. The van der Waals surface area contributed by atoms with Crippen LogP contribution < -0.4 is 62.1 Å². The molecule has 5 fully saturated rings. The number of carbonyl (C=O) groups excluding carboxylic acids is 10. The van der Waals surface area contributed by atoms with Crippen molar-refractivity contribution in [2.75, 3.05) is 65.6 Å². The number of aryl methyl sites for hydroxylation is 3. The van der Waals surface area contributed by atoms with Crippen LogP contribution in [0.5, 0.6) is 17.2 Å². The van der Waals surface area contributed by atoms with Crippen LogP contribution in [0.1, 0.15) is 218 Å². The van der Waals surface area contributed by atoms with Gasteiger partial charge in [0.15, 0.2) is 0 Å². The fraction of sp³-hybridized carbons (Fsp3) is 0.574. The Morgan fingerprint density at radius 3 is 1.42 bits per heavy atom. The zero-order chi connectivity index (χ0) is 88.0. The molecule has 6 heterocycles. The van der Waals surface area contributed by atoms with Gasteiger partial charge in [0, 0.05) is 121 Å². The van der Waals surface area contributed by atoms with Gasteiger partial charge in [-0.15, -0.1) is 0 Å². The normalized spacial score (nSPS) is 26.4. The maximum Gasteiger partial charge on any atom is 0.250 e. The Bertz CT molecular complexity index is 4560. The molecule has 676 valence electrons. The topological polar surface area (TPSA) is 316 Å². The number of likely N-dealkylation sites (tertiary alicyclic amines) is 3. The summed E-state index contributed by atoms with van der Waals surface area (Å²) in [6.07, 6.45) is 7.52. The quantitative estimate of drug-likeness (QED) is 0.0347. The summed E-state index contributed by atoms with van der Waals surface area (Å²) < 4.78 is 105. The highest BCUT2D eigenvalue weighted by atomic mass is 19.3. The molecule has 31 heteroatoms. The smallest absolute Gasteiger partial charge is 0.250 e. The Hall–Kier alpha value is -10.3. The highest BCUT2D eigenvalue weighted by Gasteiger charge is 2.41. The first-order valence-electron chi connectivity index (χ1n) is 45.2. The summed E-state index contributed by atoms with van der Waals surface area (Å²) in [6, 6.07) is 22.8. The van der Waals surface area contributed by atoms with Crippen LogP contribution in [0, 0.1) is 11.6 Å². The van der Waals surface area contributed by atoms with E-state index in [0.717, 1.165) is 33.4 Å². The molecule has 13 rings (SSSR count). The summed E-state index contributed by atoms with van der Waals surface area (Å²) in [5.41, 5.74) is 5.19. The Kier molecular flexibility index (Phi) is 32.7. The number of hydrogen-bond donors (Lipinski definition) is 9. The van der Waals surface area contributed by atoms with Crippen LogP contribution in [-0.2, 0) is 80.2 Å². The van der Waals surface area contributed by atoms with Crippen molar-refractivity contribution in [3.8, 4) is 17.2 Å². The zero-order valence-corrected chi connectivity index (χ0v) is 71.2. The number of benzene rings is 5. The third-order valence-electron chi connectivity index (χ3n) is 25.9. The molecule has 6 aliphatic heterocycles. The lowest BCUT2D eigenvalue weighted by molar-refractivity contribution is -0.139. The monoisotopic (exact) mass is 1740 g/mol. The summed E-state index contributed by atoms with van der Waals surface area (Å²) in [5.74, 6) is -9.80. The molecule has 4 unspecified atom stereocenters. The van der Waals surface area contributed by atoms with Gasteiger partial charge in [0.2, 0.25) is 59.1 Å². The Morgan fingerprint density at radius 1 is 0.440 bits per heavy atom. The molecule has 5 aromatic carbocycles. The van der Waals surface area contributed by atoms with E-state index in [-0.39, 0.29) is 197 Å². The number of ether oxygens (including phenoxy) is 3. The van der Waals surface area contributed by atoms with Gasteiger partial charge in [0.25, 0.3) is 11.8 Å². The maximum atomic E-state index is 14.9. The molecular weight excluding hydrogens is 1620 g/mol. The van der Waals surface area contributed by atoms with Gasteiger partial charge >= 0.3 is 0 Å². The van der Waals surface area contributed by atoms with Gasteiger partial charge in [-0.25, -0.2) is 26.3 Å². The minimum Gasteiger partial charge on any atom is -0.494 e. The van der Waals surface area contributed by atoms with Crippen LogP contribution in [0.2, 0.25) is 0 Å². The van der Waals surface area contributed by atoms with Gasteiger partial charge in [-0.05, 0) is 241 Å². The second-order valence-electron chi connectivity index (χ2n) is 35.3. The van der Waals surface area contributed by atoms with Crippen molar-refractivity contribution in [3.63, 3.8) is 0 Å². The number of alkyl halides is 4. The average molecular weight is 1740 g/mol. The van der Waals surface area contributed by atoms with E-state index in [1.807, 2.05) is 70.5 Å². The van der Waals surface area contributed by atoms with Gasteiger partial charge in [0.1, 0.15) is 71.2 Å². The van der Waals surface area contributed by atoms with Gasteiger partial charge < -0.3 is 76.8 Å². The molecule has 125 heavy (non-hydrogen) atoms. The summed E-state index contributed by atoms with van der Waals surface area (Å²) in [7, 11) is 0. The zero-order valence-electron chi connectivity index (χ0n) is 71.2. The number of fused-ring (bicyclic) bond motifs is 6. The standard InChI is InChI=1S/C94H120F6N12O13/c95-69-26-19-60(20-27-69)21-30-79-89(119)106-76(86(116)101-59-66-12-1-2-14-75(66)96)15-3-7-47-124-73-52-62(22-31-83(113)104-79)49-67(57-73)64-24-28-70(55-64)102-87(117)77-17-5-8-48-125-74-53-63(23-32-84(114)105-80(90(120)107-77)33-40-110-42-35-93(97,98)36-43-110)50-68(58-74)65-25-29-71(56-65)103-88(118)78-16-4-6-46-123-72-13-9-11-61(51-72)54-82(112-39-10-18-85(112)115)92(122)109-81(91(121)108-78)34-41-111-44-37-94(99,100)38-45-111/h1-2,9,11-14,19-20,26-27,49-53,57-58,64-65,70-71,76-82H,3-8,10,15-18,21-25,28-48,54-56,59H2,(H,101,116)(H,102,117)(H,103,118)(H,104,113)(H,105,114)(H,106,119)(H,107,120)(H,108,121)(H,109,122)/t64?,65?,70?,71?,76-,77+,78+,79+,80+,81+,82+/m1/s1. The highest BCUT2D eigenvalue weighted by molar-refractivity contribution is 5.96. The van der Waals surface area contributed by atoms with Crippen LogP contribution in [-0.4, -0.2) is 206 Å². The predicted molar refractivity (Wildman–Crippen MR) is 455 cm³/mol. The number of piperidine rings is 2. The third-order valence-corrected chi connectivity index (χ3v) is 25.9. The van der Waals surface area contributed by atoms with E-state index in [0.29, 0.717) is 120 Å².